The van der Waals surface area contributed by atoms with E-state index in [0.29, 0.717) is 17.7 Å². The van der Waals surface area contributed by atoms with E-state index >= 15 is 0 Å². The van der Waals surface area contributed by atoms with Gasteiger partial charge in [-0.15, -0.1) is 0 Å². The van der Waals surface area contributed by atoms with Crippen molar-refractivity contribution in [3.8, 4) is 6.07 Å². The van der Waals surface area contributed by atoms with E-state index < -0.39 is 0 Å². The number of nitrogens with two attached hydrogens (primary N) is 1. The number of aliphatic hydroxyl groups is 1. The monoisotopic (exact) mass is 176 g/mol. The van der Waals surface area contributed by atoms with E-state index in [-0.39, 0.29) is 6.61 Å². The molecule has 1 aromatic rings. The maximum Gasteiger partial charge on any atom is 0.101 e. The Hall–Kier alpha value is -1.53. The number of hydrogen-bond donors (Lipinski definition) is 2. The lowest BCUT2D eigenvalue weighted by Gasteiger charge is -2.05. The van der Waals surface area contributed by atoms with Gasteiger partial charge in [0.2, 0.25) is 0 Å². The van der Waals surface area contributed by atoms with Crippen molar-refractivity contribution in [2.24, 2.45) is 0 Å². The first-order valence-electron chi connectivity index (χ1n) is 4.09. The molecular formula is C10H12N2O. The normalized spacial score (nSPS) is 9.62. The minimum Gasteiger partial charge on any atom is -0.397 e. The predicted molar refractivity (Wildman–Crippen MR) is 51.1 cm³/mol. The quantitative estimate of drug-likeness (QED) is 0.660. The fourth-order valence-corrected chi connectivity index (χ4v) is 1.24. The lowest BCUT2D eigenvalue weighted by Crippen LogP contribution is -1.98. The van der Waals surface area contributed by atoms with Gasteiger partial charge >= 0.3 is 0 Å². The van der Waals surface area contributed by atoms with Crippen LogP contribution in [0.25, 0.3) is 0 Å². The smallest absolute Gasteiger partial charge is 0.101 e. The Morgan fingerprint density at radius 3 is 2.77 bits per heavy atom. The Morgan fingerprint density at radius 2 is 2.23 bits per heavy atom. The number of hydrogen-bond acceptors (Lipinski definition) is 3. The topological polar surface area (TPSA) is 70.0 Å². The summed E-state index contributed by atoms with van der Waals surface area (Å²) in [6.45, 7) is 1.95. The average Bonchev–Trinajstić information content (AvgIpc) is 2.11. The minimum atomic E-state index is 0.0915. The first-order valence-corrected chi connectivity index (χ1v) is 4.09. The van der Waals surface area contributed by atoms with E-state index in [1.807, 2.05) is 19.1 Å². The molecule has 68 valence electrons. The molecule has 0 aliphatic rings. The number of nitrogen functional groups attached to an aromatic ring is 1. The first-order chi connectivity index (χ1) is 6.19. The molecule has 3 nitrogen and oxygen atoms in total. The summed E-state index contributed by atoms with van der Waals surface area (Å²) in [7, 11) is 0. The highest BCUT2D eigenvalue weighted by Crippen LogP contribution is 2.18. The van der Waals surface area contributed by atoms with Crippen LogP contribution >= 0.6 is 0 Å². The Bertz CT molecular complexity index is 353. The van der Waals surface area contributed by atoms with E-state index in [0.717, 1.165) is 11.1 Å². The third kappa shape index (κ3) is 1.98. The number of anilines is 1. The molecule has 0 spiro atoms. The Kier molecular flexibility index (Phi) is 2.88. The van der Waals surface area contributed by atoms with Gasteiger partial charge in [-0.05, 0) is 30.5 Å². The number of rotatable bonds is 2. The molecule has 0 radical (unpaired) electrons. The molecule has 0 fully saturated rings. The molecule has 0 bridgehead atoms. The van der Waals surface area contributed by atoms with Gasteiger partial charge in [0.05, 0.1) is 11.3 Å². The second-order valence-corrected chi connectivity index (χ2v) is 2.96. The first kappa shape index (κ1) is 9.56. The summed E-state index contributed by atoms with van der Waals surface area (Å²) in [5, 5.41) is 17.5. The van der Waals surface area contributed by atoms with Crippen LogP contribution in [-0.2, 0) is 6.42 Å². The number of benzene rings is 1. The van der Waals surface area contributed by atoms with Crippen LogP contribution in [0.2, 0.25) is 0 Å². The van der Waals surface area contributed by atoms with Crippen LogP contribution in [0.3, 0.4) is 0 Å². The van der Waals surface area contributed by atoms with E-state index in [9.17, 15) is 0 Å². The minimum absolute atomic E-state index is 0.0915. The molecule has 1 aromatic carbocycles. The number of nitrogens with zero attached hydrogens (tertiary/aromatic N) is 1. The standard InChI is InChI=1S/C10H12N2O/c1-7-4-8(2-3-13)5-9(6-11)10(7)12/h4-5,13H,2-3,12H2,1H3. The van der Waals surface area contributed by atoms with Gasteiger partial charge in [-0.1, -0.05) is 6.07 Å². The van der Waals surface area contributed by atoms with E-state index in [4.69, 9.17) is 16.1 Å². The van der Waals surface area contributed by atoms with Gasteiger partial charge < -0.3 is 10.8 Å². The molecule has 0 atom stereocenters. The summed E-state index contributed by atoms with van der Waals surface area (Å²) in [5.41, 5.74) is 8.54. The van der Waals surface area contributed by atoms with Crippen LogP contribution in [0.5, 0.6) is 0 Å². The molecule has 13 heavy (non-hydrogen) atoms. The average molecular weight is 176 g/mol. The van der Waals surface area contributed by atoms with Crippen LogP contribution in [0.15, 0.2) is 12.1 Å². The third-order valence-corrected chi connectivity index (χ3v) is 1.97. The lowest BCUT2D eigenvalue weighted by atomic mass is 10.0. The van der Waals surface area contributed by atoms with Crippen molar-refractivity contribution in [1.82, 2.24) is 0 Å². The highest BCUT2D eigenvalue weighted by molar-refractivity contribution is 5.60. The molecule has 0 heterocycles. The van der Waals surface area contributed by atoms with E-state index in [1.165, 1.54) is 0 Å². The zero-order chi connectivity index (χ0) is 9.84. The third-order valence-electron chi connectivity index (χ3n) is 1.97. The SMILES string of the molecule is Cc1cc(CCO)cc(C#N)c1N. The van der Waals surface area contributed by atoms with Gasteiger partial charge in [0.25, 0.3) is 0 Å². The van der Waals surface area contributed by atoms with Crippen LogP contribution < -0.4 is 5.73 Å². The molecule has 3 N–H and O–H groups in total. The lowest BCUT2D eigenvalue weighted by molar-refractivity contribution is 0.299. The molecule has 3 heteroatoms. The Balaban J connectivity index is 3.16. The summed E-state index contributed by atoms with van der Waals surface area (Å²) < 4.78 is 0. The van der Waals surface area contributed by atoms with Gasteiger partial charge in [-0.25, -0.2) is 0 Å². The Labute approximate surface area is 77.4 Å². The van der Waals surface area contributed by atoms with Crippen molar-refractivity contribution in [1.29, 1.82) is 5.26 Å². The molecule has 0 aromatic heterocycles. The summed E-state index contributed by atoms with van der Waals surface area (Å²) in [5.74, 6) is 0. The van der Waals surface area contributed by atoms with Gasteiger partial charge in [0.1, 0.15) is 6.07 Å². The molecular weight excluding hydrogens is 164 g/mol. The van der Waals surface area contributed by atoms with Crippen molar-refractivity contribution in [2.75, 3.05) is 12.3 Å². The largest absolute Gasteiger partial charge is 0.397 e. The van der Waals surface area contributed by atoms with Crippen LogP contribution in [-0.4, -0.2) is 11.7 Å². The molecule has 1 rings (SSSR count). The molecule has 0 saturated heterocycles. The number of aryl methyl sites for hydroxylation is 1. The number of aliphatic hydroxyl groups excluding tert-OH is 1. The van der Waals surface area contributed by atoms with Gasteiger partial charge in [-0.3, -0.25) is 0 Å². The van der Waals surface area contributed by atoms with Crippen molar-refractivity contribution < 1.29 is 5.11 Å². The second-order valence-electron chi connectivity index (χ2n) is 2.96. The summed E-state index contributed by atoms with van der Waals surface area (Å²) in [6, 6.07) is 5.64. The highest BCUT2D eigenvalue weighted by Gasteiger charge is 2.03. The summed E-state index contributed by atoms with van der Waals surface area (Å²) in [6.07, 6.45) is 0.565. The van der Waals surface area contributed by atoms with Gasteiger partial charge in [0.15, 0.2) is 0 Å². The van der Waals surface area contributed by atoms with Crippen LogP contribution in [0.1, 0.15) is 16.7 Å². The second kappa shape index (κ2) is 3.92. The van der Waals surface area contributed by atoms with Gasteiger partial charge in [0, 0.05) is 6.61 Å². The molecule has 0 amide bonds. The van der Waals surface area contributed by atoms with Crippen molar-refractivity contribution in [3.63, 3.8) is 0 Å². The Morgan fingerprint density at radius 1 is 1.54 bits per heavy atom. The molecule has 0 aliphatic carbocycles. The maximum absolute atomic E-state index is 8.74. The zero-order valence-electron chi connectivity index (χ0n) is 7.54. The number of nitriles is 1. The molecule has 0 saturated carbocycles. The zero-order valence-corrected chi connectivity index (χ0v) is 7.54. The predicted octanol–water partition coefficient (Wildman–Crippen LogP) is 0.984. The molecule has 0 aliphatic heterocycles. The van der Waals surface area contributed by atoms with Crippen LogP contribution in [0, 0.1) is 18.3 Å². The fraction of sp³-hybridized carbons (Fsp3) is 0.300. The van der Waals surface area contributed by atoms with Crippen LogP contribution in [0.4, 0.5) is 5.69 Å². The summed E-state index contributed by atoms with van der Waals surface area (Å²) in [4.78, 5) is 0. The maximum atomic E-state index is 8.74. The molecule has 0 unspecified atom stereocenters. The van der Waals surface area contributed by atoms with Crippen molar-refractivity contribution in [3.05, 3.63) is 28.8 Å². The highest BCUT2D eigenvalue weighted by atomic mass is 16.2. The van der Waals surface area contributed by atoms with Crippen molar-refractivity contribution in [2.45, 2.75) is 13.3 Å². The van der Waals surface area contributed by atoms with Crippen molar-refractivity contribution >= 4 is 5.69 Å². The fourth-order valence-electron chi connectivity index (χ4n) is 1.24. The van der Waals surface area contributed by atoms with Gasteiger partial charge in [-0.2, -0.15) is 5.26 Å². The summed E-state index contributed by atoms with van der Waals surface area (Å²) >= 11 is 0. The van der Waals surface area contributed by atoms with E-state index in [1.54, 1.807) is 6.07 Å². The van der Waals surface area contributed by atoms with E-state index in [2.05, 4.69) is 0 Å².